The lowest BCUT2D eigenvalue weighted by atomic mass is 9.81. The van der Waals surface area contributed by atoms with Gasteiger partial charge in [-0.2, -0.15) is 0 Å². The molecule has 5 rings (SSSR count). The van der Waals surface area contributed by atoms with Crippen molar-refractivity contribution in [3.05, 3.63) is 136 Å². The van der Waals surface area contributed by atoms with Crippen molar-refractivity contribution < 1.29 is 20.3 Å². The van der Waals surface area contributed by atoms with Crippen LogP contribution in [-0.2, 0) is 0 Å². The molecule has 0 aliphatic heterocycles. The van der Waals surface area contributed by atoms with Gasteiger partial charge in [0.05, 0.1) is 0 Å². The van der Waals surface area contributed by atoms with Crippen molar-refractivity contribution in [2.24, 2.45) is 0 Å². The van der Waals surface area contributed by atoms with Crippen molar-refractivity contribution in [3.63, 3.8) is 0 Å². The van der Waals surface area contributed by atoms with E-state index in [0.29, 0.717) is 11.2 Å². The molecule has 4 N–H and O–H groups in total. The monoisotopic (exact) mass is 618 g/mol. The number of hydrogen-bond acceptors (Lipinski definition) is 4. The molecule has 0 aliphatic carbocycles. The maximum absolute atomic E-state index is 9.92. The quantitative estimate of drug-likeness (QED) is 0.164. The van der Waals surface area contributed by atoms with Gasteiger partial charge < -0.3 is 20.3 Å². The molecule has 0 atom stereocenters. The molecular formula is C30H25BBr2O4. The topological polar surface area (TPSA) is 80.9 Å². The third-order valence-corrected chi connectivity index (χ3v) is 5.99. The summed E-state index contributed by atoms with van der Waals surface area (Å²) in [5.41, 5.74) is 4.79. The Balaban J connectivity index is 0.000000176. The molecule has 0 saturated heterocycles. The Kier molecular flexibility index (Phi) is 11.0. The summed E-state index contributed by atoms with van der Waals surface area (Å²) in [6.45, 7) is 0. The minimum atomic E-state index is -1.34. The van der Waals surface area contributed by atoms with Crippen LogP contribution in [0.3, 0.4) is 0 Å². The van der Waals surface area contributed by atoms with Crippen LogP contribution in [0.4, 0.5) is 0 Å². The summed E-state index contributed by atoms with van der Waals surface area (Å²) in [5, 5.41) is 36.0. The molecule has 0 radical (unpaired) electrons. The summed E-state index contributed by atoms with van der Waals surface area (Å²) >= 11 is 6.45. The van der Waals surface area contributed by atoms with Crippen LogP contribution in [0.25, 0.3) is 22.3 Å². The summed E-state index contributed by atoms with van der Waals surface area (Å²) in [5.74, 6) is 0.552. The number of rotatable bonds is 3. The minimum absolute atomic E-state index is 0.260. The van der Waals surface area contributed by atoms with E-state index >= 15 is 0 Å². The lowest BCUT2D eigenvalue weighted by Gasteiger charge is -2.07. The predicted molar refractivity (Wildman–Crippen MR) is 159 cm³/mol. The summed E-state index contributed by atoms with van der Waals surface area (Å²) in [4.78, 5) is 0. The minimum Gasteiger partial charge on any atom is -0.508 e. The van der Waals surface area contributed by atoms with Gasteiger partial charge >= 0.3 is 7.12 Å². The van der Waals surface area contributed by atoms with Gasteiger partial charge in [-0.3, -0.25) is 0 Å². The third-order valence-electron chi connectivity index (χ3n) is 5.08. The average molecular weight is 620 g/mol. The Bertz CT molecular complexity index is 1280. The Hall–Kier alpha value is -3.36. The Labute approximate surface area is 233 Å². The molecule has 0 bridgehead atoms. The van der Waals surface area contributed by atoms with Crippen molar-refractivity contribution in [2.75, 3.05) is 0 Å². The van der Waals surface area contributed by atoms with Crippen molar-refractivity contribution >= 4 is 44.4 Å². The van der Waals surface area contributed by atoms with Crippen LogP contribution in [0, 0.1) is 0 Å². The fraction of sp³-hybridized carbons (Fsp3) is 0. The molecule has 0 amide bonds. The number of benzene rings is 5. The molecule has 0 aliphatic rings. The van der Waals surface area contributed by atoms with Crippen LogP contribution in [0.5, 0.6) is 11.5 Å². The van der Waals surface area contributed by atoms with Crippen LogP contribution in [0.2, 0.25) is 0 Å². The second-order valence-corrected chi connectivity index (χ2v) is 9.74. The van der Waals surface area contributed by atoms with Crippen molar-refractivity contribution in [3.8, 4) is 33.8 Å². The number of halogens is 2. The van der Waals surface area contributed by atoms with Gasteiger partial charge in [-0.05, 0) is 64.1 Å². The largest absolute Gasteiger partial charge is 0.508 e. The second-order valence-electron chi connectivity index (χ2n) is 7.91. The highest BCUT2D eigenvalue weighted by molar-refractivity contribution is 9.11. The van der Waals surface area contributed by atoms with E-state index in [4.69, 9.17) is 15.2 Å². The van der Waals surface area contributed by atoms with Gasteiger partial charge in [-0.15, -0.1) is 0 Å². The fourth-order valence-corrected chi connectivity index (χ4v) is 4.64. The number of hydrogen-bond donors (Lipinski definition) is 4. The third kappa shape index (κ3) is 9.55. The first-order valence-corrected chi connectivity index (χ1v) is 12.9. The zero-order valence-corrected chi connectivity index (χ0v) is 22.9. The first-order chi connectivity index (χ1) is 17.8. The van der Waals surface area contributed by atoms with E-state index in [0.717, 1.165) is 31.2 Å². The summed E-state index contributed by atoms with van der Waals surface area (Å²) < 4.78 is 1.74. The Morgan fingerprint density at radius 1 is 0.432 bits per heavy atom. The smallest absolute Gasteiger partial charge is 0.488 e. The van der Waals surface area contributed by atoms with Crippen molar-refractivity contribution in [2.45, 2.75) is 0 Å². The molecule has 7 heteroatoms. The van der Waals surface area contributed by atoms with E-state index in [-0.39, 0.29) is 5.75 Å². The SMILES string of the molecule is OB(O)c1ccccc1.Oc1cc(-c2ccccc2)cc(-c2ccccc2)c1.Oc1cc(Br)cc(Br)c1. The molecule has 0 aromatic heterocycles. The number of phenols is 2. The van der Waals surface area contributed by atoms with E-state index in [1.165, 1.54) is 0 Å². The normalized spacial score (nSPS) is 9.84. The van der Waals surface area contributed by atoms with Gasteiger partial charge in [0.1, 0.15) is 11.5 Å². The molecule has 0 heterocycles. The highest BCUT2D eigenvalue weighted by atomic mass is 79.9. The average Bonchev–Trinajstić information content (AvgIpc) is 2.90. The molecule has 0 fully saturated rings. The molecule has 5 aromatic rings. The van der Waals surface area contributed by atoms with Gasteiger partial charge in [0, 0.05) is 8.95 Å². The molecule has 186 valence electrons. The van der Waals surface area contributed by atoms with Crippen LogP contribution in [0.1, 0.15) is 0 Å². The zero-order valence-electron chi connectivity index (χ0n) is 19.7. The fourth-order valence-electron chi connectivity index (χ4n) is 3.37. The molecule has 5 aromatic carbocycles. The summed E-state index contributed by atoms with van der Waals surface area (Å²) in [7, 11) is -1.34. The van der Waals surface area contributed by atoms with E-state index < -0.39 is 7.12 Å². The Morgan fingerprint density at radius 3 is 1.16 bits per heavy atom. The van der Waals surface area contributed by atoms with Crippen molar-refractivity contribution in [1.82, 2.24) is 0 Å². The number of phenolic OH excluding ortho intramolecular Hbond substituents is 2. The van der Waals surface area contributed by atoms with Gasteiger partial charge in [-0.1, -0.05) is 123 Å². The molecule has 37 heavy (non-hydrogen) atoms. The molecule has 0 saturated carbocycles. The lowest BCUT2D eigenvalue weighted by Crippen LogP contribution is -2.29. The molecule has 4 nitrogen and oxygen atoms in total. The maximum Gasteiger partial charge on any atom is 0.488 e. The second kappa shape index (κ2) is 14.4. The van der Waals surface area contributed by atoms with Gasteiger partial charge in [0.2, 0.25) is 0 Å². The summed E-state index contributed by atoms with van der Waals surface area (Å²) in [6, 6.07) is 39.6. The molecular weight excluding hydrogens is 595 g/mol. The van der Waals surface area contributed by atoms with E-state index in [2.05, 4.69) is 37.9 Å². The van der Waals surface area contributed by atoms with Crippen LogP contribution < -0.4 is 5.46 Å². The van der Waals surface area contributed by atoms with E-state index in [1.54, 1.807) is 48.5 Å². The zero-order chi connectivity index (χ0) is 26.6. The number of aromatic hydroxyl groups is 2. The van der Waals surface area contributed by atoms with Crippen LogP contribution in [-0.4, -0.2) is 27.4 Å². The molecule has 0 unspecified atom stereocenters. The maximum atomic E-state index is 9.92. The standard InChI is InChI=1S/C18H14O.C6H7BO2.C6H4Br2O/c19-18-12-16(14-7-3-1-4-8-14)11-17(13-18)15-9-5-2-6-10-15;8-7(9)6-4-2-1-3-5-6;7-4-1-5(8)3-6(9)2-4/h1-13,19H;1-5,8-9H;1-3,9H. The van der Waals surface area contributed by atoms with E-state index in [9.17, 15) is 5.11 Å². The molecule has 0 spiro atoms. The van der Waals surface area contributed by atoms with Gasteiger partial charge in [-0.25, -0.2) is 0 Å². The van der Waals surface area contributed by atoms with Gasteiger partial charge in [0.25, 0.3) is 0 Å². The van der Waals surface area contributed by atoms with E-state index in [1.807, 2.05) is 72.8 Å². The highest BCUT2D eigenvalue weighted by Gasteiger charge is 2.07. The van der Waals surface area contributed by atoms with Crippen LogP contribution in [0.15, 0.2) is 136 Å². The van der Waals surface area contributed by atoms with Crippen LogP contribution >= 0.6 is 31.9 Å². The lowest BCUT2D eigenvalue weighted by molar-refractivity contribution is 0.426. The highest BCUT2D eigenvalue weighted by Crippen LogP contribution is 2.30. The first-order valence-electron chi connectivity index (χ1n) is 11.3. The first kappa shape index (κ1) is 28.2. The van der Waals surface area contributed by atoms with Crippen molar-refractivity contribution in [1.29, 1.82) is 0 Å². The predicted octanol–water partition coefficient (Wildman–Crippen LogP) is 7.01. The Morgan fingerprint density at radius 2 is 0.811 bits per heavy atom. The van der Waals surface area contributed by atoms with Gasteiger partial charge in [0.15, 0.2) is 0 Å². The summed E-state index contributed by atoms with van der Waals surface area (Å²) in [6.07, 6.45) is 0.